The van der Waals surface area contributed by atoms with E-state index >= 15 is 0 Å². The third-order valence-electron chi connectivity index (χ3n) is 4.39. The molecule has 25 heavy (non-hydrogen) atoms. The number of carbonyl (C=O) groups is 1. The minimum atomic E-state index is -0.312. The van der Waals surface area contributed by atoms with Gasteiger partial charge in [0, 0.05) is 50.1 Å². The van der Waals surface area contributed by atoms with E-state index in [0.29, 0.717) is 11.8 Å². The molecule has 0 radical (unpaired) electrons. The maximum absolute atomic E-state index is 12.5. The molecule has 130 valence electrons. The topological polar surface area (TPSA) is 53.2 Å². The second-order valence-corrected chi connectivity index (χ2v) is 6.16. The minimum absolute atomic E-state index is 0.0135. The Bertz CT molecular complexity index is 954. The van der Waals surface area contributed by atoms with E-state index in [1.54, 1.807) is 37.3 Å². The third kappa shape index (κ3) is 3.15. The number of rotatable bonds is 5. The smallest absolute Gasteiger partial charge is 0.259 e. The van der Waals surface area contributed by atoms with E-state index in [2.05, 4.69) is 0 Å². The van der Waals surface area contributed by atoms with Crippen LogP contribution in [0.15, 0.2) is 53.7 Å². The molecular weight excluding hydrogens is 316 g/mol. The van der Waals surface area contributed by atoms with Crippen LogP contribution in [0.3, 0.4) is 0 Å². The Morgan fingerprint density at radius 2 is 1.80 bits per heavy atom. The van der Waals surface area contributed by atoms with Crippen molar-refractivity contribution in [3.8, 4) is 0 Å². The lowest BCUT2D eigenvalue weighted by Crippen LogP contribution is -2.18. The summed E-state index contributed by atoms with van der Waals surface area (Å²) in [6.07, 6.45) is 6.08. The second-order valence-electron chi connectivity index (χ2n) is 6.16. The van der Waals surface area contributed by atoms with Gasteiger partial charge in [-0.3, -0.25) is 14.2 Å². The van der Waals surface area contributed by atoms with Crippen LogP contribution in [-0.2, 0) is 11.8 Å². The standard InChI is InChI=1S/C20H22N2O3/c1-4-8-18(23)22-12-15-16(11-21(2)20(24)17(15)13-22)19(25-3)14-9-6-5-7-10-14/h5-7,9-13,19H,4,8H2,1-3H3. The predicted octanol–water partition coefficient (Wildman–Crippen LogP) is 3.52. The fraction of sp³-hybridized carbons (Fsp3) is 0.300. The molecule has 0 aliphatic carbocycles. The zero-order chi connectivity index (χ0) is 18.0. The van der Waals surface area contributed by atoms with Gasteiger partial charge >= 0.3 is 0 Å². The van der Waals surface area contributed by atoms with Crippen LogP contribution in [0.4, 0.5) is 0 Å². The summed E-state index contributed by atoms with van der Waals surface area (Å²) in [5.41, 5.74) is 1.75. The lowest BCUT2D eigenvalue weighted by molar-refractivity contribution is 0.0902. The number of hydrogen-bond acceptors (Lipinski definition) is 3. The summed E-state index contributed by atoms with van der Waals surface area (Å²) in [5.74, 6) is -0.0135. The fourth-order valence-electron chi connectivity index (χ4n) is 3.15. The molecule has 1 unspecified atom stereocenters. The number of hydrogen-bond donors (Lipinski definition) is 0. The van der Waals surface area contributed by atoms with Gasteiger partial charge in [-0.15, -0.1) is 0 Å². The fourth-order valence-corrected chi connectivity index (χ4v) is 3.15. The number of aromatic nitrogens is 2. The highest BCUT2D eigenvalue weighted by Crippen LogP contribution is 2.30. The summed E-state index contributed by atoms with van der Waals surface area (Å²) < 4.78 is 8.80. The molecule has 0 N–H and O–H groups in total. The molecule has 1 atom stereocenters. The van der Waals surface area contributed by atoms with E-state index in [9.17, 15) is 9.59 Å². The minimum Gasteiger partial charge on any atom is -0.372 e. The van der Waals surface area contributed by atoms with Crippen LogP contribution in [0.25, 0.3) is 10.8 Å². The molecule has 0 fully saturated rings. The summed E-state index contributed by atoms with van der Waals surface area (Å²) in [6, 6.07) is 9.84. The Kier molecular flexibility index (Phi) is 4.86. The lowest BCUT2D eigenvalue weighted by atomic mass is 10.00. The molecule has 0 saturated carbocycles. The van der Waals surface area contributed by atoms with Crippen molar-refractivity contribution in [1.82, 2.24) is 9.13 Å². The highest BCUT2D eigenvalue weighted by Gasteiger charge is 2.20. The molecule has 5 nitrogen and oxygen atoms in total. The molecule has 2 aromatic heterocycles. The molecule has 5 heteroatoms. The number of fused-ring (bicyclic) bond motifs is 1. The van der Waals surface area contributed by atoms with Gasteiger partial charge in [0.25, 0.3) is 5.56 Å². The van der Waals surface area contributed by atoms with Crippen molar-refractivity contribution in [2.24, 2.45) is 7.05 Å². The number of benzene rings is 1. The zero-order valence-corrected chi connectivity index (χ0v) is 14.7. The highest BCUT2D eigenvalue weighted by molar-refractivity contribution is 5.91. The van der Waals surface area contributed by atoms with Crippen molar-refractivity contribution in [2.75, 3.05) is 7.11 Å². The van der Waals surface area contributed by atoms with Crippen LogP contribution >= 0.6 is 0 Å². The van der Waals surface area contributed by atoms with E-state index in [1.807, 2.05) is 37.3 Å². The monoisotopic (exact) mass is 338 g/mol. The first-order valence-corrected chi connectivity index (χ1v) is 8.39. The number of ether oxygens (including phenoxy) is 1. The number of carbonyl (C=O) groups excluding carboxylic acids is 1. The van der Waals surface area contributed by atoms with Gasteiger partial charge in [0.2, 0.25) is 5.91 Å². The Morgan fingerprint density at radius 3 is 2.44 bits per heavy atom. The summed E-state index contributed by atoms with van der Waals surface area (Å²) in [6.45, 7) is 1.96. The summed E-state index contributed by atoms with van der Waals surface area (Å²) in [4.78, 5) is 24.8. The molecule has 0 spiro atoms. The van der Waals surface area contributed by atoms with Crippen LogP contribution in [-0.4, -0.2) is 22.2 Å². The van der Waals surface area contributed by atoms with Crippen molar-refractivity contribution in [2.45, 2.75) is 25.9 Å². The molecule has 3 aromatic rings. The average Bonchev–Trinajstić information content (AvgIpc) is 3.07. The summed E-state index contributed by atoms with van der Waals surface area (Å²) in [7, 11) is 3.36. The molecule has 0 aliphatic rings. The first-order chi connectivity index (χ1) is 12.1. The van der Waals surface area contributed by atoms with Gasteiger partial charge in [-0.05, 0) is 12.0 Å². The number of pyridine rings is 1. The van der Waals surface area contributed by atoms with E-state index in [1.165, 1.54) is 4.57 Å². The van der Waals surface area contributed by atoms with Crippen molar-refractivity contribution in [3.05, 3.63) is 70.4 Å². The Balaban J connectivity index is 2.22. The lowest BCUT2D eigenvalue weighted by Gasteiger charge is -2.18. The number of methoxy groups -OCH3 is 1. The van der Waals surface area contributed by atoms with Crippen LogP contribution in [0, 0.1) is 0 Å². The Morgan fingerprint density at radius 1 is 1.12 bits per heavy atom. The molecular formula is C20H22N2O3. The van der Waals surface area contributed by atoms with Crippen LogP contribution in [0.2, 0.25) is 0 Å². The Hall–Kier alpha value is -2.66. The Labute approximate surface area is 146 Å². The van der Waals surface area contributed by atoms with E-state index in [0.717, 1.165) is 22.9 Å². The van der Waals surface area contributed by atoms with Gasteiger partial charge in [0.05, 0.1) is 5.39 Å². The first-order valence-electron chi connectivity index (χ1n) is 8.39. The molecule has 2 heterocycles. The van der Waals surface area contributed by atoms with Crippen molar-refractivity contribution in [1.29, 1.82) is 0 Å². The molecule has 0 amide bonds. The van der Waals surface area contributed by atoms with E-state index in [4.69, 9.17) is 4.74 Å². The van der Waals surface area contributed by atoms with Gasteiger partial charge < -0.3 is 9.30 Å². The van der Waals surface area contributed by atoms with E-state index < -0.39 is 0 Å². The maximum Gasteiger partial charge on any atom is 0.259 e. The molecule has 0 saturated heterocycles. The number of nitrogens with zero attached hydrogens (tertiary/aromatic N) is 2. The van der Waals surface area contributed by atoms with Gasteiger partial charge in [0.15, 0.2) is 0 Å². The predicted molar refractivity (Wildman–Crippen MR) is 98.0 cm³/mol. The number of aryl methyl sites for hydroxylation is 1. The van der Waals surface area contributed by atoms with Gasteiger partial charge in [-0.25, -0.2) is 0 Å². The largest absolute Gasteiger partial charge is 0.372 e. The van der Waals surface area contributed by atoms with Crippen molar-refractivity contribution in [3.63, 3.8) is 0 Å². The molecule has 1 aromatic carbocycles. The summed E-state index contributed by atoms with van der Waals surface area (Å²) >= 11 is 0. The van der Waals surface area contributed by atoms with Crippen LogP contribution in [0.1, 0.15) is 41.8 Å². The van der Waals surface area contributed by atoms with Gasteiger partial charge in [-0.1, -0.05) is 37.3 Å². The van der Waals surface area contributed by atoms with Gasteiger partial charge in [-0.2, -0.15) is 0 Å². The SMILES string of the molecule is CCCC(=O)n1cc2c(C(OC)c3ccccc3)cn(C)c(=O)c2c1. The normalized spacial score (nSPS) is 12.4. The average molecular weight is 338 g/mol. The molecule has 3 rings (SSSR count). The maximum atomic E-state index is 12.5. The van der Waals surface area contributed by atoms with Crippen LogP contribution in [0.5, 0.6) is 0 Å². The van der Waals surface area contributed by atoms with Gasteiger partial charge in [0.1, 0.15) is 6.10 Å². The van der Waals surface area contributed by atoms with Crippen molar-refractivity contribution >= 4 is 16.7 Å². The highest BCUT2D eigenvalue weighted by atomic mass is 16.5. The molecule has 0 aliphatic heterocycles. The second kappa shape index (κ2) is 7.07. The first kappa shape index (κ1) is 17.2. The van der Waals surface area contributed by atoms with Crippen LogP contribution < -0.4 is 5.56 Å². The van der Waals surface area contributed by atoms with E-state index in [-0.39, 0.29) is 17.6 Å². The quantitative estimate of drug-likeness (QED) is 0.715. The summed E-state index contributed by atoms with van der Waals surface area (Å²) in [5, 5.41) is 1.28. The van der Waals surface area contributed by atoms with Crippen molar-refractivity contribution < 1.29 is 9.53 Å². The third-order valence-corrected chi connectivity index (χ3v) is 4.39. The zero-order valence-electron chi connectivity index (χ0n) is 14.7. The molecule has 0 bridgehead atoms.